The summed E-state index contributed by atoms with van der Waals surface area (Å²) in [5.74, 6) is 0.574. The molecular formula is C11H18ClN3. The van der Waals surface area contributed by atoms with Crippen LogP contribution in [0.5, 0.6) is 0 Å². The van der Waals surface area contributed by atoms with Gasteiger partial charge in [0.2, 0.25) is 0 Å². The van der Waals surface area contributed by atoms with E-state index in [1.807, 2.05) is 0 Å². The molecule has 1 aromatic heterocycles. The van der Waals surface area contributed by atoms with Gasteiger partial charge in [-0.3, -0.25) is 0 Å². The molecule has 0 spiro atoms. The van der Waals surface area contributed by atoms with Crippen LogP contribution < -0.4 is 5.32 Å². The van der Waals surface area contributed by atoms with Gasteiger partial charge in [0.15, 0.2) is 5.15 Å². The monoisotopic (exact) mass is 227 g/mol. The molecule has 0 aliphatic rings. The van der Waals surface area contributed by atoms with Gasteiger partial charge in [0.1, 0.15) is 0 Å². The van der Waals surface area contributed by atoms with Gasteiger partial charge < -0.3 is 5.32 Å². The predicted octanol–water partition coefficient (Wildman–Crippen LogP) is 3.22. The Morgan fingerprint density at radius 2 is 2.13 bits per heavy atom. The van der Waals surface area contributed by atoms with E-state index in [9.17, 15) is 0 Å². The molecule has 0 aromatic carbocycles. The number of halogens is 1. The third-order valence-electron chi connectivity index (χ3n) is 2.72. The van der Waals surface area contributed by atoms with E-state index in [4.69, 9.17) is 11.6 Å². The van der Waals surface area contributed by atoms with Gasteiger partial charge in [0, 0.05) is 12.6 Å². The van der Waals surface area contributed by atoms with Crippen LogP contribution >= 0.6 is 11.6 Å². The van der Waals surface area contributed by atoms with Crippen LogP contribution in [0.15, 0.2) is 12.3 Å². The van der Waals surface area contributed by atoms with Gasteiger partial charge in [-0.2, -0.15) is 5.10 Å². The highest BCUT2D eigenvalue weighted by Crippen LogP contribution is 2.25. The molecule has 1 heterocycles. The Kier molecular flexibility index (Phi) is 3.91. The highest BCUT2D eigenvalue weighted by atomic mass is 35.5. The number of aromatic nitrogens is 2. The minimum atomic E-state index is 0.303. The number of rotatable bonds is 3. The quantitative estimate of drug-likeness (QED) is 0.862. The van der Waals surface area contributed by atoms with Crippen molar-refractivity contribution in [1.82, 2.24) is 10.2 Å². The SMILES string of the molecule is CC(CNc1cnnc(Cl)c1)C(C)(C)C. The second-order valence-electron chi connectivity index (χ2n) is 4.91. The predicted molar refractivity (Wildman–Crippen MR) is 64.2 cm³/mol. The van der Waals surface area contributed by atoms with Gasteiger partial charge >= 0.3 is 0 Å². The van der Waals surface area contributed by atoms with Gasteiger partial charge in [0.05, 0.1) is 11.9 Å². The second kappa shape index (κ2) is 4.79. The average Bonchev–Trinajstić information content (AvgIpc) is 2.12. The molecule has 4 heteroatoms. The molecule has 1 unspecified atom stereocenters. The summed E-state index contributed by atoms with van der Waals surface area (Å²) in [6.07, 6.45) is 1.68. The van der Waals surface area contributed by atoms with Crippen LogP contribution in [-0.4, -0.2) is 16.7 Å². The zero-order valence-corrected chi connectivity index (χ0v) is 10.5. The highest BCUT2D eigenvalue weighted by molar-refractivity contribution is 6.29. The van der Waals surface area contributed by atoms with Crippen LogP contribution in [0.3, 0.4) is 0 Å². The Hall–Kier alpha value is -0.830. The largest absolute Gasteiger partial charge is 0.383 e. The minimum Gasteiger partial charge on any atom is -0.383 e. The van der Waals surface area contributed by atoms with Crippen molar-refractivity contribution in [2.75, 3.05) is 11.9 Å². The first-order valence-electron chi connectivity index (χ1n) is 5.11. The van der Waals surface area contributed by atoms with E-state index in [0.29, 0.717) is 16.5 Å². The molecule has 0 saturated heterocycles. The highest BCUT2D eigenvalue weighted by Gasteiger charge is 2.19. The van der Waals surface area contributed by atoms with Crippen molar-refractivity contribution in [2.45, 2.75) is 27.7 Å². The van der Waals surface area contributed by atoms with E-state index < -0.39 is 0 Å². The summed E-state index contributed by atoms with van der Waals surface area (Å²) in [5, 5.41) is 11.2. The zero-order chi connectivity index (χ0) is 11.5. The maximum atomic E-state index is 5.74. The summed E-state index contributed by atoms with van der Waals surface area (Å²) in [6.45, 7) is 9.83. The van der Waals surface area contributed by atoms with E-state index in [1.165, 1.54) is 0 Å². The van der Waals surface area contributed by atoms with E-state index in [0.717, 1.165) is 12.2 Å². The molecule has 1 rings (SSSR count). The molecule has 0 radical (unpaired) electrons. The number of hydrogen-bond acceptors (Lipinski definition) is 3. The Morgan fingerprint density at radius 1 is 1.47 bits per heavy atom. The zero-order valence-electron chi connectivity index (χ0n) is 9.71. The molecule has 0 saturated carbocycles. The third kappa shape index (κ3) is 4.04. The fraction of sp³-hybridized carbons (Fsp3) is 0.636. The number of nitrogens with one attached hydrogen (secondary N) is 1. The van der Waals surface area contributed by atoms with Crippen molar-refractivity contribution in [3.05, 3.63) is 17.4 Å². The van der Waals surface area contributed by atoms with Crippen molar-refractivity contribution in [1.29, 1.82) is 0 Å². The van der Waals surface area contributed by atoms with E-state index >= 15 is 0 Å². The van der Waals surface area contributed by atoms with Crippen LogP contribution in [0.2, 0.25) is 5.15 Å². The second-order valence-corrected chi connectivity index (χ2v) is 5.30. The fourth-order valence-corrected chi connectivity index (χ4v) is 1.18. The number of nitrogens with zero attached hydrogens (tertiary/aromatic N) is 2. The maximum absolute atomic E-state index is 5.74. The lowest BCUT2D eigenvalue weighted by atomic mass is 9.82. The summed E-state index contributed by atoms with van der Waals surface area (Å²) in [5.41, 5.74) is 1.23. The molecule has 0 amide bonds. The van der Waals surface area contributed by atoms with Crippen molar-refractivity contribution in [3.63, 3.8) is 0 Å². The standard InChI is InChI=1S/C11H18ClN3/c1-8(11(2,3)4)6-13-9-5-10(12)15-14-7-9/h5,7-8H,6H2,1-4H3,(H,13,15). The lowest BCUT2D eigenvalue weighted by Gasteiger charge is -2.27. The molecule has 0 aliphatic heterocycles. The van der Waals surface area contributed by atoms with Gasteiger partial charge in [-0.1, -0.05) is 39.3 Å². The summed E-state index contributed by atoms with van der Waals surface area (Å²) in [4.78, 5) is 0. The Balaban J connectivity index is 2.51. The molecule has 15 heavy (non-hydrogen) atoms. The average molecular weight is 228 g/mol. The smallest absolute Gasteiger partial charge is 0.153 e. The van der Waals surface area contributed by atoms with Gasteiger partial charge in [0.25, 0.3) is 0 Å². The van der Waals surface area contributed by atoms with Gasteiger partial charge in [-0.15, -0.1) is 5.10 Å². The van der Waals surface area contributed by atoms with Crippen LogP contribution in [-0.2, 0) is 0 Å². The normalized spacial score (nSPS) is 13.7. The maximum Gasteiger partial charge on any atom is 0.153 e. The topological polar surface area (TPSA) is 37.8 Å². The van der Waals surface area contributed by atoms with Crippen LogP contribution in [0, 0.1) is 11.3 Å². The Bertz CT molecular complexity index is 320. The van der Waals surface area contributed by atoms with Crippen molar-refractivity contribution < 1.29 is 0 Å². The van der Waals surface area contributed by atoms with Gasteiger partial charge in [-0.05, 0) is 11.3 Å². The summed E-state index contributed by atoms with van der Waals surface area (Å²) >= 11 is 5.74. The Labute approximate surface area is 96.2 Å². The molecule has 0 bridgehead atoms. The van der Waals surface area contributed by atoms with Crippen LogP contribution in [0.1, 0.15) is 27.7 Å². The molecular weight excluding hydrogens is 210 g/mol. The van der Waals surface area contributed by atoms with E-state index in [2.05, 4.69) is 43.2 Å². The molecule has 3 nitrogen and oxygen atoms in total. The first-order chi connectivity index (χ1) is 6.89. The van der Waals surface area contributed by atoms with Crippen molar-refractivity contribution in [3.8, 4) is 0 Å². The molecule has 1 N–H and O–H groups in total. The van der Waals surface area contributed by atoms with Crippen LogP contribution in [0.4, 0.5) is 5.69 Å². The molecule has 84 valence electrons. The fourth-order valence-electron chi connectivity index (χ4n) is 1.01. The Morgan fingerprint density at radius 3 is 2.67 bits per heavy atom. The third-order valence-corrected chi connectivity index (χ3v) is 2.90. The number of hydrogen-bond donors (Lipinski definition) is 1. The summed E-state index contributed by atoms with van der Waals surface area (Å²) < 4.78 is 0. The number of anilines is 1. The first kappa shape index (κ1) is 12.2. The van der Waals surface area contributed by atoms with E-state index in [-0.39, 0.29) is 0 Å². The molecule has 0 aliphatic carbocycles. The van der Waals surface area contributed by atoms with Gasteiger partial charge in [-0.25, -0.2) is 0 Å². The lowest BCUT2D eigenvalue weighted by Crippen LogP contribution is -2.24. The van der Waals surface area contributed by atoms with Crippen molar-refractivity contribution in [2.24, 2.45) is 11.3 Å². The summed E-state index contributed by atoms with van der Waals surface area (Å²) in [7, 11) is 0. The molecule has 0 fully saturated rings. The summed E-state index contributed by atoms with van der Waals surface area (Å²) in [6, 6.07) is 1.78. The first-order valence-corrected chi connectivity index (χ1v) is 5.49. The van der Waals surface area contributed by atoms with Crippen LogP contribution in [0.25, 0.3) is 0 Å². The minimum absolute atomic E-state index is 0.303. The lowest BCUT2D eigenvalue weighted by molar-refractivity contribution is 0.274. The molecule has 1 aromatic rings. The van der Waals surface area contributed by atoms with E-state index in [1.54, 1.807) is 12.3 Å². The van der Waals surface area contributed by atoms with Crippen molar-refractivity contribution >= 4 is 17.3 Å². The molecule has 1 atom stereocenters.